The second-order valence-electron chi connectivity index (χ2n) is 7.55. The molecule has 1 atom stereocenters. The van der Waals surface area contributed by atoms with Crippen LogP contribution in [0.5, 0.6) is 0 Å². The number of aromatic nitrogens is 4. The lowest BCUT2D eigenvalue weighted by molar-refractivity contribution is 0.197. The number of imidazole rings is 1. The van der Waals surface area contributed by atoms with E-state index in [0.29, 0.717) is 36.5 Å². The van der Waals surface area contributed by atoms with Crippen molar-refractivity contribution >= 4 is 21.0 Å². The van der Waals surface area contributed by atoms with E-state index in [4.69, 9.17) is 0 Å². The normalized spacial score (nSPS) is 19.1. The van der Waals surface area contributed by atoms with E-state index in [-0.39, 0.29) is 17.5 Å². The van der Waals surface area contributed by atoms with E-state index < -0.39 is 21.1 Å². The van der Waals surface area contributed by atoms with Crippen LogP contribution in [-0.2, 0) is 30.0 Å². The van der Waals surface area contributed by atoms with Gasteiger partial charge in [0.05, 0.1) is 18.1 Å². The molecule has 1 fully saturated rings. The van der Waals surface area contributed by atoms with Gasteiger partial charge in [0.25, 0.3) is 5.56 Å². The van der Waals surface area contributed by atoms with Crippen LogP contribution in [0.15, 0.2) is 9.59 Å². The number of unbranched alkanes of at least 4 members (excludes halogenated alkanes) is 1. The van der Waals surface area contributed by atoms with Crippen molar-refractivity contribution in [3.8, 4) is 0 Å². The minimum absolute atomic E-state index is 0.0367. The first-order valence-corrected chi connectivity index (χ1v) is 11.7. The van der Waals surface area contributed by atoms with Crippen LogP contribution >= 0.6 is 0 Å². The Morgan fingerprint density at radius 2 is 2.00 bits per heavy atom. The summed E-state index contributed by atoms with van der Waals surface area (Å²) in [5, 5.41) is 0. The van der Waals surface area contributed by atoms with Gasteiger partial charge < -0.3 is 4.57 Å². The molecular weight excluding hydrogens is 382 g/mol. The Morgan fingerprint density at radius 3 is 2.61 bits per heavy atom. The Kier molecular flexibility index (Phi) is 6.09. The third kappa shape index (κ3) is 4.07. The summed E-state index contributed by atoms with van der Waals surface area (Å²) in [5.41, 5.74) is -0.112. The van der Waals surface area contributed by atoms with E-state index >= 15 is 0 Å². The molecule has 10 heteroatoms. The molecule has 0 spiro atoms. The van der Waals surface area contributed by atoms with Gasteiger partial charge in [-0.05, 0) is 25.8 Å². The minimum atomic E-state index is -2.98. The third-order valence-electron chi connectivity index (χ3n) is 5.42. The van der Waals surface area contributed by atoms with Crippen molar-refractivity contribution in [1.82, 2.24) is 24.0 Å². The molecule has 0 amide bonds. The average molecular weight is 412 g/mol. The number of hydrogen-bond donors (Lipinski definition) is 1. The summed E-state index contributed by atoms with van der Waals surface area (Å²) < 4.78 is 27.1. The SMILES string of the molecule is CCCCn1c(=O)[nH]c(=O)c2c1nc(CN(CCC)C1CCS(=O)(=O)C1)n2C. The fraction of sp³-hybridized carbons (Fsp3) is 0.722. The van der Waals surface area contributed by atoms with Crippen molar-refractivity contribution in [2.24, 2.45) is 7.05 Å². The predicted molar refractivity (Wildman–Crippen MR) is 108 cm³/mol. The molecule has 3 rings (SSSR count). The van der Waals surface area contributed by atoms with Crippen LogP contribution < -0.4 is 11.2 Å². The maximum atomic E-state index is 12.4. The molecular formula is C18H29N5O4S. The standard InChI is InChI=1S/C18H29N5O4S/c1-4-6-9-23-16-15(17(24)20-18(23)25)21(3)14(19-16)11-22(8-5-2)13-7-10-28(26,27)12-13/h13H,4-12H2,1-3H3,(H,20,24,25). The van der Waals surface area contributed by atoms with Gasteiger partial charge in [-0.15, -0.1) is 0 Å². The van der Waals surface area contributed by atoms with Crippen LogP contribution in [0, 0.1) is 0 Å². The maximum Gasteiger partial charge on any atom is 0.330 e. The third-order valence-corrected chi connectivity index (χ3v) is 7.17. The van der Waals surface area contributed by atoms with Crippen LogP contribution in [0.2, 0.25) is 0 Å². The van der Waals surface area contributed by atoms with Gasteiger partial charge in [-0.1, -0.05) is 20.3 Å². The number of aryl methyl sites for hydroxylation is 2. The molecule has 28 heavy (non-hydrogen) atoms. The van der Waals surface area contributed by atoms with Gasteiger partial charge >= 0.3 is 5.69 Å². The molecule has 1 saturated heterocycles. The van der Waals surface area contributed by atoms with Crippen molar-refractivity contribution in [2.75, 3.05) is 18.1 Å². The molecule has 0 bridgehead atoms. The number of rotatable bonds is 8. The molecule has 1 aliphatic rings. The van der Waals surface area contributed by atoms with Gasteiger partial charge in [0, 0.05) is 19.6 Å². The molecule has 9 nitrogen and oxygen atoms in total. The minimum Gasteiger partial charge on any atom is -0.324 e. The fourth-order valence-electron chi connectivity index (χ4n) is 3.88. The van der Waals surface area contributed by atoms with Crippen LogP contribution in [0.4, 0.5) is 0 Å². The summed E-state index contributed by atoms with van der Waals surface area (Å²) in [6, 6.07) is -0.0367. The first-order valence-electron chi connectivity index (χ1n) is 9.90. The summed E-state index contributed by atoms with van der Waals surface area (Å²) in [7, 11) is -1.22. The van der Waals surface area contributed by atoms with E-state index in [9.17, 15) is 18.0 Å². The maximum absolute atomic E-state index is 12.4. The molecule has 156 valence electrons. The van der Waals surface area contributed by atoms with Gasteiger partial charge in [0.2, 0.25) is 0 Å². The molecule has 1 unspecified atom stereocenters. The first-order chi connectivity index (χ1) is 13.3. The summed E-state index contributed by atoms with van der Waals surface area (Å²) >= 11 is 0. The highest BCUT2D eigenvalue weighted by Crippen LogP contribution is 2.21. The van der Waals surface area contributed by atoms with Crippen LogP contribution in [0.1, 0.15) is 45.4 Å². The van der Waals surface area contributed by atoms with Crippen molar-refractivity contribution in [1.29, 1.82) is 0 Å². The second kappa shape index (κ2) is 8.20. The number of aromatic amines is 1. The van der Waals surface area contributed by atoms with Gasteiger partial charge in [0.15, 0.2) is 21.0 Å². The summed E-state index contributed by atoms with van der Waals surface area (Å²) in [6.07, 6.45) is 3.25. The Labute approximate surface area is 164 Å². The lowest BCUT2D eigenvalue weighted by Crippen LogP contribution is -2.37. The Bertz CT molecular complexity index is 1070. The molecule has 3 heterocycles. The molecule has 0 radical (unpaired) electrons. The fourth-order valence-corrected chi connectivity index (χ4v) is 5.64. The number of nitrogens with zero attached hydrogens (tertiary/aromatic N) is 4. The average Bonchev–Trinajstić information content (AvgIpc) is 3.14. The number of sulfone groups is 1. The van der Waals surface area contributed by atoms with E-state index in [0.717, 1.165) is 25.8 Å². The smallest absolute Gasteiger partial charge is 0.324 e. The monoisotopic (exact) mass is 411 g/mol. The van der Waals surface area contributed by atoms with Gasteiger partial charge in [-0.3, -0.25) is 19.2 Å². The Balaban J connectivity index is 2.00. The second-order valence-corrected chi connectivity index (χ2v) is 9.78. The quantitative estimate of drug-likeness (QED) is 0.682. The van der Waals surface area contributed by atoms with E-state index in [1.807, 2.05) is 6.92 Å². The van der Waals surface area contributed by atoms with Crippen LogP contribution in [0.3, 0.4) is 0 Å². The van der Waals surface area contributed by atoms with Crippen LogP contribution in [-0.4, -0.2) is 56.5 Å². The molecule has 1 N–H and O–H groups in total. The van der Waals surface area contributed by atoms with Gasteiger partial charge in [-0.2, -0.15) is 0 Å². The van der Waals surface area contributed by atoms with E-state index in [1.54, 1.807) is 11.6 Å². The zero-order chi connectivity index (χ0) is 20.5. The number of H-pyrrole nitrogens is 1. The Hall–Kier alpha value is -1.94. The first kappa shape index (κ1) is 20.8. The number of nitrogens with one attached hydrogen (secondary N) is 1. The van der Waals surface area contributed by atoms with Crippen molar-refractivity contribution in [2.45, 2.75) is 58.7 Å². The van der Waals surface area contributed by atoms with Crippen molar-refractivity contribution < 1.29 is 8.42 Å². The van der Waals surface area contributed by atoms with Gasteiger partial charge in [-0.25, -0.2) is 18.2 Å². The lowest BCUT2D eigenvalue weighted by Gasteiger charge is -2.27. The Morgan fingerprint density at radius 1 is 1.25 bits per heavy atom. The predicted octanol–water partition coefficient (Wildman–Crippen LogP) is 0.623. The molecule has 0 saturated carbocycles. The van der Waals surface area contributed by atoms with E-state index in [2.05, 4.69) is 21.8 Å². The molecule has 0 aliphatic carbocycles. The molecule has 2 aromatic heterocycles. The highest BCUT2D eigenvalue weighted by Gasteiger charge is 2.32. The summed E-state index contributed by atoms with van der Waals surface area (Å²) in [6.45, 7) is 5.79. The summed E-state index contributed by atoms with van der Waals surface area (Å²) in [4.78, 5) is 33.8. The summed E-state index contributed by atoms with van der Waals surface area (Å²) in [5.74, 6) is 1.05. The number of hydrogen-bond acceptors (Lipinski definition) is 6. The largest absolute Gasteiger partial charge is 0.330 e. The zero-order valence-corrected chi connectivity index (χ0v) is 17.6. The van der Waals surface area contributed by atoms with E-state index in [1.165, 1.54) is 4.57 Å². The molecule has 1 aliphatic heterocycles. The zero-order valence-electron chi connectivity index (χ0n) is 16.8. The highest BCUT2D eigenvalue weighted by atomic mass is 32.2. The topological polar surface area (TPSA) is 110 Å². The molecule has 2 aromatic rings. The number of fused-ring (bicyclic) bond motifs is 1. The highest BCUT2D eigenvalue weighted by molar-refractivity contribution is 7.91. The lowest BCUT2D eigenvalue weighted by atomic mass is 10.2. The van der Waals surface area contributed by atoms with Crippen molar-refractivity contribution in [3.63, 3.8) is 0 Å². The van der Waals surface area contributed by atoms with Crippen molar-refractivity contribution in [3.05, 3.63) is 26.7 Å². The van der Waals surface area contributed by atoms with Gasteiger partial charge in [0.1, 0.15) is 5.82 Å². The molecule has 0 aromatic carbocycles. The van der Waals surface area contributed by atoms with Crippen LogP contribution in [0.25, 0.3) is 11.2 Å².